The molecule has 2 heterocycles. The van der Waals surface area contributed by atoms with Crippen LogP contribution in [0.2, 0.25) is 0 Å². The van der Waals surface area contributed by atoms with E-state index >= 15 is 0 Å². The Bertz CT molecular complexity index is 498. The van der Waals surface area contributed by atoms with Crippen LogP contribution < -0.4 is 10.5 Å². The van der Waals surface area contributed by atoms with Gasteiger partial charge in [0.25, 0.3) is 0 Å². The molecule has 2 rings (SSSR count). The van der Waals surface area contributed by atoms with Crippen molar-refractivity contribution in [3.63, 3.8) is 0 Å². The lowest BCUT2D eigenvalue weighted by molar-refractivity contribution is 0.342. The van der Waals surface area contributed by atoms with Crippen LogP contribution in [0.1, 0.15) is 13.3 Å². The van der Waals surface area contributed by atoms with Crippen molar-refractivity contribution in [3.8, 4) is 0 Å². The summed E-state index contributed by atoms with van der Waals surface area (Å²) in [6.07, 6.45) is 1.06. The van der Waals surface area contributed by atoms with Gasteiger partial charge in [-0.1, -0.05) is 6.92 Å². The second-order valence-electron chi connectivity index (χ2n) is 4.60. The van der Waals surface area contributed by atoms with Crippen LogP contribution in [0.25, 0.3) is 0 Å². The van der Waals surface area contributed by atoms with E-state index < -0.39 is 10.0 Å². The summed E-state index contributed by atoms with van der Waals surface area (Å²) in [4.78, 5) is 2.34. The van der Waals surface area contributed by atoms with Gasteiger partial charge >= 0.3 is 0 Å². The van der Waals surface area contributed by atoms with Crippen LogP contribution in [0, 0.1) is 5.92 Å². The first kappa shape index (κ1) is 13.8. The van der Waals surface area contributed by atoms with E-state index in [0.717, 1.165) is 37.4 Å². The van der Waals surface area contributed by atoms with E-state index in [1.54, 1.807) is 5.38 Å². The highest BCUT2D eigenvalue weighted by Gasteiger charge is 2.24. The van der Waals surface area contributed by atoms with E-state index in [2.05, 4.69) is 16.5 Å². The second kappa shape index (κ2) is 5.56. The number of rotatable bonds is 5. The van der Waals surface area contributed by atoms with Gasteiger partial charge in [0.05, 0.1) is 0 Å². The van der Waals surface area contributed by atoms with Gasteiger partial charge in [-0.25, -0.2) is 13.1 Å². The second-order valence-corrected chi connectivity index (χ2v) is 7.50. The summed E-state index contributed by atoms with van der Waals surface area (Å²) in [5.74, 6) is 0.414. The average molecular weight is 289 g/mol. The number of thiophene rings is 1. The molecule has 0 aliphatic carbocycles. The molecule has 0 radical (unpaired) electrons. The Kier molecular flexibility index (Phi) is 4.26. The van der Waals surface area contributed by atoms with E-state index in [1.807, 2.05) is 0 Å². The quantitative estimate of drug-likeness (QED) is 0.846. The third-order valence-corrected chi connectivity index (χ3v) is 6.12. The van der Waals surface area contributed by atoms with Crippen LogP contribution in [0.15, 0.2) is 15.7 Å². The van der Waals surface area contributed by atoms with Gasteiger partial charge in [-0.2, -0.15) is 0 Å². The molecule has 1 aliphatic rings. The molecule has 5 nitrogen and oxygen atoms in total. The zero-order valence-corrected chi connectivity index (χ0v) is 12.1. The SMILES string of the molecule is CCN1CCC(CNS(=O)(=O)c2cc(N)cs2)C1. The number of sulfonamides is 1. The average Bonchev–Trinajstić information content (AvgIpc) is 2.95. The van der Waals surface area contributed by atoms with Crippen molar-refractivity contribution in [1.82, 2.24) is 9.62 Å². The molecule has 102 valence electrons. The fourth-order valence-electron chi connectivity index (χ4n) is 2.14. The molecule has 0 bridgehead atoms. The molecule has 1 atom stereocenters. The molecule has 0 saturated carbocycles. The zero-order valence-electron chi connectivity index (χ0n) is 10.4. The molecule has 0 amide bonds. The fourth-order valence-corrected chi connectivity index (χ4v) is 4.38. The molecule has 1 aromatic heterocycles. The predicted molar refractivity (Wildman–Crippen MR) is 74.1 cm³/mol. The van der Waals surface area contributed by atoms with Crippen LogP contribution in [0.3, 0.4) is 0 Å². The maximum Gasteiger partial charge on any atom is 0.250 e. The van der Waals surface area contributed by atoms with Gasteiger partial charge in [0.1, 0.15) is 4.21 Å². The summed E-state index contributed by atoms with van der Waals surface area (Å²) in [5, 5.41) is 1.64. The highest BCUT2D eigenvalue weighted by atomic mass is 32.2. The van der Waals surface area contributed by atoms with Crippen LogP contribution in [0.5, 0.6) is 0 Å². The Hall–Kier alpha value is -0.630. The van der Waals surface area contributed by atoms with Gasteiger partial charge in [-0.15, -0.1) is 11.3 Å². The van der Waals surface area contributed by atoms with Crippen molar-refractivity contribution in [1.29, 1.82) is 0 Å². The highest BCUT2D eigenvalue weighted by Crippen LogP contribution is 2.22. The number of hydrogen-bond donors (Lipinski definition) is 2. The topological polar surface area (TPSA) is 75.4 Å². The van der Waals surface area contributed by atoms with Gasteiger partial charge in [0.15, 0.2) is 0 Å². The zero-order chi connectivity index (χ0) is 13.2. The van der Waals surface area contributed by atoms with Crippen molar-refractivity contribution in [2.75, 3.05) is 31.9 Å². The molecule has 1 saturated heterocycles. The maximum atomic E-state index is 12.0. The Balaban J connectivity index is 1.90. The molecular formula is C11H19N3O2S2. The molecule has 1 unspecified atom stereocenters. The summed E-state index contributed by atoms with van der Waals surface area (Å²) in [6, 6.07) is 1.50. The van der Waals surface area contributed by atoms with E-state index in [9.17, 15) is 8.42 Å². The van der Waals surface area contributed by atoms with Gasteiger partial charge in [-0.3, -0.25) is 0 Å². The monoisotopic (exact) mass is 289 g/mol. The third kappa shape index (κ3) is 3.23. The van der Waals surface area contributed by atoms with E-state index in [1.165, 1.54) is 6.07 Å². The van der Waals surface area contributed by atoms with Crippen molar-refractivity contribution in [2.45, 2.75) is 17.6 Å². The van der Waals surface area contributed by atoms with Crippen molar-refractivity contribution in [2.24, 2.45) is 5.92 Å². The van der Waals surface area contributed by atoms with E-state index in [-0.39, 0.29) is 0 Å². The van der Waals surface area contributed by atoms with Gasteiger partial charge in [0, 0.05) is 24.2 Å². The lowest BCUT2D eigenvalue weighted by Gasteiger charge is -2.13. The largest absolute Gasteiger partial charge is 0.398 e. The van der Waals surface area contributed by atoms with Crippen LogP contribution in [0.4, 0.5) is 5.69 Å². The number of nitrogen functional groups attached to an aromatic ring is 1. The van der Waals surface area contributed by atoms with Crippen molar-refractivity contribution >= 4 is 27.0 Å². The molecule has 0 spiro atoms. The first-order valence-electron chi connectivity index (χ1n) is 6.07. The summed E-state index contributed by atoms with van der Waals surface area (Å²) >= 11 is 1.16. The van der Waals surface area contributed by atoms with E-state index in [4.69, 9.17) is 5.73 Å². The summed E-state index contributed by atoms with van der Waals surface area (Å²) < 4.78 is 26.9. The molecule has 0 aromatic carbocycles. The van der Waals surface area contributed by atoms with Gasteiger partial charge in [-0.05, 0) is 31.5 Å². The van der Waals surface area contributed by atoms with Crippen LogP contribution >= 0.6 is 11.3 Å². The summed E-state index contributed by atoms with van der Waals surface area (Å²) in [5.41, 5.74) is 6.04. The smallest absolute Gasteiger partial charge is 0.250 e. The molecule has 1 fully saturated rings. The maximum absolute atomic E-state index is 12.0. The normalized spacial score (nSPS) is 21.5. The van der Waals surface area contributed by atoms with Gasteiger partial charge < -0.3 is 10.6 Å². The minimum absolute atomic E-state index is 0.297. The fraction of sp³-hybridized carbons (Fsp3) is 0.636. The first-order chi connectivity index (χ1) is 8.51. The number of hydrogen-bond acceptors (Lipinski definition) is 5. The molecule has 1 aliphatic heterocycles. The first-order valence-corrected chi connectivity index (χ1v) is 8.43. The Labute approximate surface area is 112 Å². The molecule has 3 N–H and O–H groups in total. The van der Waals surface area contributed by atoms with Crippen molar-refractivity contribution < 1.29 is 8.42 Å². The molecule has 7 heteroatoms. The van der Waals surface area contributed by atoms with Gasteiger partial charge in [0.2, 0.25) is 10.0 Å². The highest BCUT2D eigenvalue weighted by molar-refractivity contribution is 7.91. The summed E-state index contributed by atoms with van der Waals surface area (Å²) in [6.45, 7) is 5.71. The number of anilines is 1. The lowest BCUT2D eigenvalue weighted by atomic mass is 10.1. The van der Waals surface area contributed by atoms with E-state index in [0.29, 0.717) is 22.4 Å². The summed E-state index contributed by atoms with van der Waals surface area (Å²) in [7, 11) is -3.38. The number of nitrogens with zero attached hydrogens (tertiary/aromatic N) is 1. The number of nitrogens with one attached hydrogen (secondary N) is 1. The lowest BCUT2D eigenvalue weighted by Crippen LogP contribution is -2.30. The van der Waals surface area contributed by atoms with Crippen molar-refractivity contribution in [3.05, 3.63) is 11.4 Å². The number of likely N-dealkylation sites (tertiary alicyclic amines) is 1. The molecular weight excluding hydrogens is 270 g/mol. The Morgan fingerprint density at radius 1 is 1.61 bits per heavy atom. The number of nitrogens with two attached hydrogens (primary N) is 1. The standard InChI is InChI=1S/C11H19N3O2S2/c1-2-14-4-3-9(7-14)6-13-18(15,16)11-5-10(12)8-17-11/h5,8-9,13H,2-4,6-7,12H2,1H3. The molecule has 1 aromatic rings. The minimum Gasteiger partial charge on any atom is -0.398 e. The van der Waals surface area contributed by atoms with Crippen LogP contribution in [-0.2, 0) is 10.0 Å². The Morgan fingerprint density at radius 2 is 2.39 bits per heavy atom. The Morgan fingerprint density at radius 3 is 2.94 bits per heavy atom. The predicted octanol–water partition coefficient (Wildman–Crippen LogP) is 0.950. The third-order valence-electron chi connectivity index (χ3n) is 3.24. The minimum atomic E-state index is -3.38. The molecule has 18 heavy (non-hydrogen) atoms. The van der Waals surface area contributed by atoms with Crippen LogP contribution in [-0.4, -0.2) is 39.5 Å².